The molecule has 170 valence electrons. The van der Waals surface area contributed by atoms with Crippen LogP contribution >= 0.6 is 0 Å². The van der Waals surface area contributed by atoms with Gasteiger partial charge in [-0.2, -0.15) is 4.31 Å². The number of hydrogen-bond donors (Lipinski definition) is 2. The minimum atomic E-state index is -3.58. The summed E-state index contributed by atoms with van der Waals surface area (Å²) in [6, 6.07) is 10.2. The fourth-order valence-corrected chi connectivity index (χ4v) is 5.47. The standard InChI is InChI=1S/C23H27N3O5S/c1-14-4-6-19(12-15(14)2)32(29,30)26-10-8-17(9-11-26)23(28)24-18-5-7-21-20(13-18)25-22(27)16(3)31-21/h4-7,12-13,16-17H,8-11H2,1-3H3,(H,24,28)(H,25,27). The second-order valence-corrected chi connectivity index (χ2v) is 10.3. The molecule has 2 aliphatic rings. The molecule has 2 aliphatic heterocycles. The van der Waals surface area contributed by atoms with Crippen molar-refractivity contribution in [2.45, 2.75) is 44.6 Å². The van der Waals surface area contributed by atoms with Crippen molar-refractivity contribution in [3.8, 4) is 5.75 Å². The molecule has 2 N–H and O–H groups in total. The maximum Gasteiger partial charge on any atom is 0.265 e. The van der Waals surface area contributed by atoms with E-state index < -0.39 is 16.1 Å². The molecule has 2 amide bonds. The number of ether oxygens (including phenoxy) is 1. The molecule has 8 nitrogen and oxygen atoms in total. The first-order valence-corrected chi connectivity index (χ1v) is 12.1. The van der Waals surface area contributed by atoms with Gasteiger partial charge in [-0.3, -0.25) is 9.59 Å². The van der Waals surface area contributed by atoms with Crippen LogP contribution in [0.15, 0.2) is 41.3 Å². The summed E-state index contributed by atoms with van der Waals surface area (Å²) in [6.45, 7) is 6.09. The lowest BCUT2D eigenvalue weighted by Gasteiger charge is -2.30. The van der Waals surface area contributed by atoms with Gasteiger partial charge in [-0.1, -0.05) is 6.07 Å². The van der Waals surface area contributed by atoms with Crippen LogP contribution in [-0.4, -0.2) is 43.7 Å². The number of nitrogens with one attached hydrogen (secondary N) is 2. The summed E-state index contributed by atoms with van der Waals surface area (Å²) < 4.78 is 32.9. The van der Waals surface area contributed by atoms with E-state index in [-0.39, 0.29) is 22.6 Å². The first-order valence-electron chi connectivity index (χ1n) is 10.6. The Morgan fingerprint density at radius 2 is 1.81 bits per heavy atom. The number of benzene rings is 2. The molecule has 1 saturated heterocycles. The smallest absolute Gasteiger partial charge is 0.265 e. The van der Waals surface area contributed by atoms with Gasteiger partial charge in [0.15, 0.2) is 6.10 Å². The number of piperidine rings is 1. The third-order valence-corrected chi connectivity index (χ3v) is 8.01. The zero-order valence-corrected chi connectivity index (χ0v) is 19.2. The third-order valence-electron chi connectivity index (χ3n) is 6.12. The number of amides is 2. The Morgan fingerprint density at radius 3 is 2.50 bits per heavy atom. The maximum absolute atomic E-state index is 13.0. The van der Waals surface area contributed by atoms with E-state index in [4.69, 9.17) is 4.74 Å². The molecule has 2 aromatic carbocycles. The molecule has 2 heterocycles. The molecule has 1 unspecified atom stereocenters. The molecular formula is C23H27N3O5S. The van der Waals surface area contributed by atoms with Gasteiger partial charge in [-0.05, 0) is 75.1 Å². The topological polar surface area (TPSA) is 105 Å². The van der Waals surface area contributed by atoms with Crippen molar-refractivity contribution in [3.05, 3.63) is 47.5 Å². The average Bonchev–Trinajstić information content (AvgIpc) is 2.76. The summed E-state index contributed by atoms with van der Waals surface area (Å²) in [5, 5.41) is 5.63. The molecule has 0 spiro atoms. The highest BCUT2D eigenvalue weighted by molar-refractivity contribution is 7.89. The minimum Gasteiger partial charge on any atom is -0.479 e. The maximum atomic E-state index is 13.0. The van der Waals surface area contributed by atoms with Crippen LogP contribution in [-0.2, 0) is 19.6 Å². The lowest BCUT2D eigenvalue weighted by Crippen LogP contribution is -2.41. The Hall–Kier alpha value is -2.91. The summed E-state index contributed by atoms with van der Waals surface area (Å²) >= 11 is 0. The van der Waals surface area contributed by atoms with Crippen LogP contribution in [0.2, 0.25) is 0 Å². The minimum absolute atomic E-state index is 0.162. The second-order valence-electron chi connectivity index (χ2n) is 8.37. The fourth-order valence-electron chi connectivity index (χ4n) is 3.91. The van der Waals surface area contributed by atoms with Crippen LogP contribution in [0.4, 0.5) is 11.4 Å². The van der Waals surface area contributed by atoms with E-state index in [9.17, 15) is 18.0 Å². The first kappa shape index (κ1) is 22.3. The van der Waals surface area contributed by atoms with Crippen molar-refractivity contribution in [1.29, 1.82) is 0 Å². The van der Waals surface area contributed by atoms with E-state index in [1.165, 1.54) is 4.31 Å². The van der Waals surface area contributed by atoms with Crippen molar-refractivity contribution in [3.63, 3.8) is 0 Å². The molecule has 0 aliphatic carbocycles. The van der Waals surface area contributed by atoms with E-state index in [0.717, 1.165) is 11.1 Å². The van der Waals surface area contributed by atoms with Crippen molar-refractivity contribution in [2.75, 3.05) is 23.7 Å². The van der Waals surface area contributed by atoms with Crippen molar-refractivity contribution in [1.82, 2.24) is 4.31 Å². The number of sulfonamides is 1. The zero-order chi connectivity index (χ0) is 23.0. The third kappa shape index (κ3) is 4.35. The highest BCUT2D eigenvalue weighted by Gasteiger charge is 2.32. The Kier molecular flexibility index (Phi) is 5.96. The molecule has 0 bridgehead atoms. The lowest BCUT2D eigenvalue weighted by molar-refractivity contribution is -0.122. The Balaban J connectivity index is 1.38. The highest BCUT2D eigenvalue weighted by Crippen LogP contribution is 2.33. The number of fused-ring (bicyclic) bond motifs is 1. The van der Waals surface area contributed by atoms with Crippen molar-refractivity contribution in [2.24, 2.45) is 5.92 Å². The van der Waals surface area contributed by atoms with Gasteiger partial charge in [-0.15, -0.1) is 0 Å². The normalized spacial score (nSPS) is 19.6. The van der Waals surface area contributed by atoms with E-state index in [2.05, 4.69) is 10.6 Å². The summed E-state index contributed by atoms with van der Waals surface area (Å²) in [5.41, 5.74) is 3.04. The molecule has 1 atom stereocenters. The predicted octanol–water partition coefficient (Wildman–Crippen LogP) is 3.06. The van der Waals surface area contributed by atoms with Gasteiger partial charge in [0.2, 0.25) is 15.9 Å². The second kappa shape index (κ2) is 8.55. The number of aryl methyl sites for hydroxylation is 2. The number of hydrogen-bond acceptors (Lipinski definition) is 5. The molecule has 0 aromatic heterocycles. The van der Waals surface area contributed by atoms with Gasteiger partial charge < -0.3 is 15.4 Å². The number of nitrogens with zero attached hydrogens (tertiary/aromatic N) is 1. The molecule has 0 saturated carbocycles. The van der Waals surface area contributed by atoms with Crippen LogP contribution in [0, 0.1) is 19.8 Å². The Bertz CT molecular complexity index is 1170. The van der Waals surface area contributed by atoms with E-state index in [1.54, 1.807) is 37.3 Å². The molecular weight excluding hydrogens is 430 g/mol. The van der Waals surface area contributed by atoms with E-state index >= 15 is 0 Å². The van der Waals surface area contributed by atoms with Gasteiger partial charge >= 0.3 is 0 Å². The van der Waals surface area contributed by atoms with Crippen LogP contribution in [0.5, 0.6) is 5.75 Å². The Labute approximate surface area is 188 Å². The average molecular weight is 458 g/mol. The lowest BCUT2D eigenvalue weighted by atomic mass is 9.97. The fraction of sp³-hybridized carbons (Fsp3) is 0.391. The zero-order valence-electron chi connectivity index (χ0n) is 18.3. The highest BCUT2D eigenvalue weighted by atomic mass is 32.2. The molecule has 32 heavy (non-hydrogen) atoms. The molecule has 1 fully saturated rings. The molecule has 2 aromatic rings. The van der Waals surface area contributed by atoms with E-state index in [1.807, 2.05) is 19.9 Å². The van der Waals surface area contributed by atoms with Crippen LogP contribution in [0.1, 0.15) is 30.9 Å². The number of rotatable bonds is 4. The number of carbonyl (C=O) groups is 2. The van der Waals surface area contributed by atoms with Crippen LogP contribution in [0.25, 0.3) is 0 Å². The summed E-state index contributed by atoms with van der Waals surface area (Å²) in [6.07, 6.45) is 0.324. The number of anilines is 2. The monoisotopic (exact) mass is 457 g/mol. The predicted molar refractivity (Wildman–Crippen MR) is 121 cm³/mol. The molecule has 0 radical (unpaired) electrons. The number of carbonyl (C=O) groups excluding carboxylic acids is 2. The van der Waals surface area contributed by atoms with Gasteiger partial charge in [0, 0.05) is 24.7 Å². The Morgan fingerprint density at radius 1 is 1.09 bits per heavy atom. The first-order chi connectivity index (χ1) is 15.1. The molecule has 4 rings (SSSR count). The van der Waals surface area contributed by atoms with Crippen molar-refractivity contribution >= 4 is 33.2 Å². The summed E-state index contributed by atoms with van der Waals surface area (Å²) in [5.74, 6) is -0.133. The molecule has 9 heteroatoms. The summed E-state index contributed by atoms with van der Waals surface area (Å²) in [7, 11) is -3.58. The largest absolute Gasteiger partial charge is 0.479 e. The van der Waals surface area contributed by atoms with Crippen molar-refractivity contribution < 1.29 is 22.7 Å². The summed E-state index contributed by atoms with van der Waals surface area (Å²) in [4.78, 5) is 24.9. The van der Waals surface area contributed by atoms with Gasteiger partial charge in [0.25, 0.3) is 5.91 Å². The quantitative estimate of drug-likeness (QED) is 0.734. The van der Waals surface area contributed by atoms with Crippen LogP contribution in [0.3, 0.4) is 0 Å². The van der Waals surface area contributed by atoms with E-state index in [0.29, 0.717) is 43.1 Å². The van der Waals surface area contributed by atoms with Gasteiger partial charge in [-0.25, -0.2) is 8.42 Å². The van der Waals surface area contributed by atoms with Gasteiger partial charge in [0.05, 0.1) is 10.6 Å². The SMILES string of the molecule is Cc1ccc(S(=O)(=O)N2CCC(C(=O)Nc3ccc4c(c3)NC(=O)C(C)O4)CC2)cc1C. The van der Waals surface area contributed by atoms with Gasteiger partial charge in [0.1, 0.15) is 5.75 Å². The van der Waals surface area contributed by atoms with Crippen LogP contribution < -0.4 is 15.4 Å².